The number of hydrazine groups is 1. The van der Waals surface area contributed by atoms with Crippen LogP contribution in [-0.2, 0) is 0 Å². The van der Waals surface area contributed by atoms with Crippen LogP contribution < -0.4 is 11.6 Å². The van der Waals surface area contributed by atoms with Crippen LogP contribution in [-0.4, -0.2) is 5.01 Å². The molecule has 0 fully saturated rings. The van der Waals surface area contributed by atoms with Crippen molar-refractivity contribution < 1.29 is 0 Å². The van der Waals surface area contributed by atoms with Gasteiger partial charge in [0.25, 0.3) is 0 Å². The van der Waals surface area contributed by atoms with E-state index in [1.165, 1.54) is 5.01 Å². The first-order valence-corrected chi connectivity index (χ1v) is 4.07. The van der Waals surface area contributed by atoms with Crippen LogP contribution in [0.1, 0.15) is 20.8 Å². The van der Waals surface area contributed by atoms with Crippen LogP contribution in [0.15, 0.2) is 35.8 Å². The summed E-state index contributed by atoms with van der Waals surface area (Å²) in [5.74, 6) is 5.54. The molecular weight excluding hydrogens is 150 g/mol. The number of hydrogen-bond acceptors (Lipinski definition) is 3. The van der Waals surface area contributed by atoms with Gasteiger partial charge in [0, 0.05) is 11.9 Å². The third-order valence-corrected chi connectivity index (χ3v) is 1.29. The molecule has 0 bridgehead atoms. The van der Waals surface area contributed by atoms with Crippen molar-refractivity contribution in [1.29, 1.82) is 0 Å². The molecule has 12 heavy (non-hydrogen) atoms. The zero-order valence-corrected chi connectivity index (χ0v) is 7.91. The van der Waals surface area contributed by atoms with Gasteiger partial charge in [-0.25, -0.2) is 5.84 Å². The zero-order valence-electron chi connectivity index (χ0n) is 7.91. The first kappa shape index (κ1) is 10.8. The fraction of sp³-hybridized carbons (Fsp3) is 0.333. The minimum Gasteiger partial charge on any atom is -0.401 e. The molecule has 1 aliphatic heterocycles. The molecule has 0 atom stereocenters. The molecule has 0 saturated carbocycles. The van der Waals surface area contributed by atoms with Crippen LogP contribution >= 0.6 is 0 Å². The Balaban J connectivity index is 0.000000561. The van der Waals surface area contributed by atoms with Crippen molar-refractivity contribution in [2.75, 3.05) is 0 Å². The Morgan fingerprint density at radius 3 is 2.25 bits per heavy atom. The highest BCUT2D eigenvalue weighted by Crippen LogP contribution is 2.08. The van der Waals surface area contributed by atoms with Crippen molar-refractivity contribution in [3.8, 4) is 0 Å². The monoisotopic (exact) mass is 167 g/mol. The molecule has 0 unspecified atom stereocenters. The highest BCUT2D eigenvalue weighted by molar-refractivity contribution is 5.29. The highest BCUT2D eigenvalue weighted by atomic mass is 15.4. The predicted octanol–water partition coefficient (Wildman–Crippen LogP) is 1.46. The van der Waals surface area contributed by atoms with E-state index >= 15 is 0 Å². The normalized spacial score (nSPS) is 18.5. The van der Waals surface area contributed by atoms with Gasteiger partial charge in [-0.1, -0.05) is 19.9 Å². The van der Waals surface area contributed by atoms with E-state index in [1.54, 1.807) is 6.20 Å². The summed E-state index contributed by atoms with van der Waals surface area (Å²) in [4.78, 5) is 0. The van der Waals surface area contributed by atoms with E-state index in [0.29, 0.717) is 0 Å². The summed E-state index contributed by atoms with van der Waals surface area (Å²) in [7, 11) is 0. The van der Waals surface area contributed by atoms with Gasteiger partial charge >= 0.3 is 0 Å². The smallest absolute Gasteiger partial charge is 0.0752 e. The molecule has 0 spiro atoms. The van der Waals surface area contributed by atoms with E-state index in [0.717, 1.165) is 11.4 Å². The number of nitrogens with zero attached hydrogens (tertiary/aromatic N) is 1. The average molecular weight is 167 g/mol. The van der Waals surface area contributed by atoms with Gasteiger partial charge in [-0.3, -0.25) is 5.01 Å². The predicted molar refractivity (Wildman–Crippen MR) is 52.5 cm³/mol. The molecule has 1 rings (SSSR count). The van der Waals surface area contributed by atoms with Crippen LogP contribution in [0.25, 0.3) is 0 Å². The molecule has 3 nitrogen and oxygen atoms in total. The molecular formula is C9H17N3. The summed E-state index contributed by atoms with van der Waals surface area (Å²) in [6, 6.07) is 0. The summed E-state index contributed by atoms with van der Waals surface area (Å²) >= 11 is 0. The Morgan fingerprint density at radius 2 is 1.92 bits per heavy atom. The lowest BCUT2D eigenvalue weighted by molar-refractivity contribution is 0.498. The maximum Gasteiger partial charge on any atom is 0.0752 e. The van der Waals surface area contributed by atoms with E-state index < -0.39 is 0 Å². The Bertz CT molecular complexity index is 210. The lowest BCUT2D eigenvalue weighted by Gasteiger charge is -2.18. The van der Waals surface area contributed by atoms with E-state index in [4.69, 9.17) is 11.6 Å². The van der Waals surface area contributed by atoms with Gasteiger partial charge in [-0.15, -0.1) is 0 Å². The summed E-state index contributed by atoms with van der Waals surface area (Å²) in [5, 5.41) is 1.50. The van der Waals surface area contributed by atoms with Crippen LogP contribution in [0.3, 0.4) is 0 Å². The number of hydrogen-bond donors (Lipinski definition) is 2. The Labute approximate surface area is 74.0 Å². The molecule has 0 radical (unpaired) electrons. The molecule has 0 amide bonds. The van der Waals surface area contributed by atoms with Gasteiger partial charge in [-0.05, 0) is 19.1 Å². The Kier molecular flexibility index (Phi) is 4.88. The van der Waals surface area contributed by atoms with Crippen LogP contribution in [0.4, 0.5) is 0 Å². The highest BCUT2D eigenvalue weighted by Gasteiger charge is 2.02. The number of allylic oxidation sites excluding steroid dienone is 4. The van der Waals surface area contributed by atoms with Gasteiger partial charge < -0.3 is 5.73 Å². The summed E-state index contributed by atoms with van der Waals surface area (Å²) in [5.41, 5.74) is 7.10. The number of rotatable bonds is 0. The Morgan fingerprint density at radius 1 is 1.33 bits per heavy atom. The second-order valence-corrected chi connectivity index (χ2v) is 2.18. The van der Waals surface area contributed by atoms with E-state index in [9.17, 15) is 0 Å². The van der Waals surface area contributed by atoms with Gasteiger partial charge in [-0.2, -0.15) is 0 Å². The molecule has 0 aliphatic carbocycles. The maximum absolute atomic E-state index is 5.54. The quantitative estimate of drug-likeness (QED) is 0.537. The summed E-state index contributed by atoms with van der Waals surface area (Å²) < 4.78 is 0. The van der Waals surface area contributed by atoms with Gasteiger partial charge in [0.05, 0.1) is 5.70 Å². The summed E-state index contributed by atoms with van der Waals surface area (Å²) in [6.07, 6.45) is 7.38. The lowest BCUT2D eigenvalue weighted by Crippen LogP contribution is -2.26. The first-order chi connectivity index (χ1) is 5.72. The summed E-state index contributed by atoms with van der Waals surface area (Å²) in [6.45, 7) is 5.82. The molecule has 68 valence electrons. The van der Waals surface area contributed by atoms with Gasteiger partial charge in [0.2, 0.25) is 0 Å². The molecule has 0 aromatic carbocycles. The van der Waals surface area contributed by atoms with Gasteiger partial charge in [0.15, 0.2) is 0 Å². The molecule has 1 aliphatic rings. The van der Waals surface area contributed by atoms with E-state index in [2.05, 4.69) is 0 Å². The minimum absolute atomic E-state index is 0.725. The zero-order chi connectivity index (χ0) is 9.56. The molecule has 3 heteroatoms. The van der Waals surface area contributed by atoms with Crippen molar-refractivity contribution in [2.24, 2.45) is 11.6 Å². The van der Waals surface area contributed by atoms with Gasteiger partial charge in [0.1, 0.15) is 0 Å². The van der Waals surface area contributed by atoms with Crippen molar-refractivity contribution in [1.82, 2.24) is 5.01 Å². The standard InChI is InChI=1S/C7H11N3.C2H6/c1-6(8)7-4-2-3-5-10(7)9;1-2/h2-5H,8-9H2,1H3;1-2H3/b7-6-;. The average Bonchev–Trinajstić information content (AvgIpc) is 2.08. The molecule has 0 saturated heterocycles. The lowest BCUT2D eigenvalue weighted by atomic mass is 10.2. The van der Waals surface area contributed by atoms with Crippen molar-refractivity contribution >= 4 is 0 Å². The number of nitrogens with two attached hydrogens (primary N) is 2. The van der Waals surface area contributed by atoms with Crippen LogP contribution in [0.2, 0.25) is 0 Å². The fourth-order valence-electron chi connectivity index (χ4n) is 0.791. The van der Waals surface area contributed by atoms with Crippen molar-refractivity contribution in [2.45, 2.75) is 20.8 Å². The SMILES string of the molecule is C/C(N)=C1\C=CC=CN1N.CC. The molecule has 0 aromatic rings. The second-order valence-electron chi connectivity index (χ2n) is 2.18. The van der Waals surface area contributed by atoms with Crippen molar-refractivity contribution in [3.05, 3.63) is 35.8 Å². The van der Waals surface area contributed by atoms with E-state index in [-0.39, 0.29) is 0 Å². The fourth-order valence-corrected chi connectivity index (χ4v) is 0.791. The van der Waals surface area contributed by atoms with Crippen LogP contribution in [0, 0.1) is 0 Å². The maximum atomic E-state index is 5.54. The first-order valence-electron chi connectivity index (χ1n) is 4.07. The van der Waals surface area contributed by atoms with Crippen molar-refractivity contribution in [3.63, 3.8) is 0 Å². The molecule has 1 heterocycles. The Hall–Kier alpha value is -1.22. The van der Waals surface area contributed by atoms with E-state index in [1.807, 2.05) is 39.0 Å². The second kappa shape index (κ2) is 5.43. The molecule has 4 N–H and O–H groups in total. The topological polar surface area (TPSA) is 55.3 Å². The third kappa shape index (κ3) is 2.80. The van der Waals surface area contributed by atoms with Crippen LogP contribution in [0.5, 0.6) is 0 Å². The minimum atomic E-state index is 0.725. The molecule has 0 aromatic heterocycles. The third-order valence-electron chi connectivity index (χ3n) is 1.29. The largest absolute Gasteiger partial charge is 0.401 e.